The van der Waals surface area contributed by atoms with Gasteiger partial charge in [0.25, 0.3) is 5.91 Å². The van der Waals surface area contributed by atoms with Gasteiger partial charge in [-0.3, -0.25) is 19.7 Å². The third-order valence-electron chi connectivity index (χ3n) is 3.46. The van der Waals surface area contributed by atoms with Crippen molar-refractivity contribution in [3.63, 3.8) is 0 Å². The average Bonchev–Trinajstić information content (AvgIpc) is 2.49. The largest absolute Gasteiger partial charge is 0.353 e. The topological polar surface area (TPSA) is 90.9 Å². The molecule has 2 saturated heterocycles. The Kier molecular flexibility index (Phi) is 3.39. The zero-order chi connectivity index (χ0) is 14.8. The molecular weight excluding hydrogens is 272 g/mol. The Hall–Kier alpha value is -2.70. The Bertz CT molecular complexity index is 626. The van der Waals surface area contributed by atoms with Gasteiger partial charge in [-0.2, -0.15) is 4.99 Å². The van der Waals surface area contributed by atoms with Gasteiger partial charge in [0, 0.05) is 18.7 Å². The minimum absolute atomic E-state index is 0.0738. The van der Waals surface area contributed by atoms with Crippen LogP contribution in [0.15, 0.2) is 35.3 Å². The zero-order valence-corrected chi connectivity index (χ0v) is 11.2. The van der Waals surface area contributed by atoms with Crippen molar-refractivity contribution in [2.75, 3.05) is 13.1 Å². The molecule has 1 aromatic rings. The molecule has 21 heavy (non-hydrogen) atoms. The van der Waals surface area contributed by atoms with Gasteiger partial charge in [-0.05, 0) is 12.1 Å². The highest BCUT2D eigenvalue weighted by molar-refractivity contribution is 6.10. The van der Waals surface area contributed by atoms with E-state index in [-0.39, 0.29) is 24.2 Å². The molecular formula is C14H14N4O3. The Balaban J connectivity index is 1.88. The van der Waals surface area contributed by atoms with Crippen molar-refractivity contribution < 1.29 is 14.4 Å². The minimum Gasteiger partial charge on any atom is -0.353 e. The first kappa shape index (κ1) is 13.3. The van der Waals surface area contributed by atoms with Crippen LogP contribution in [0.4, 0.5) is 0 Å². The summed E-state index contributed by atoms with van der Waals surface area (Å²) in [6.07, 6.45) is 0.0738. The second-order valence-corrected chi connectivity index (χ2v) is 4.86. The van der Waals surface area contributed by atoms with E-state index in [4.69, 9.17) is 0 Å². The summed E-state index contributed by atoms with van der Waals surface area (Å²) < 4.78 is 0. The molecule has 2 fully saturated rings. The standard InChI is InChI=1S/C14H14N4O3/c19-11-8-10-13(21)15-6-7-18(10)14(16-11)17-12(20)9-4-2-1-3-5-9/h1-5,10H,6-8H2,(H,15,21)(H,16,17,19,20). The maximum absolute atomic E-state index is 12.1. The summed E-state index contributed by atoms with van der Waals surface area (Å²) in [7, 11) is 0. The number of piperazine rings is 1. The van der Waals surface area contributed by atoms with Gasteiger partial charge in [-0.15, -0.1) is 0 Å². The summed E-state index contributed by atoms with van der Waals surface area (Å²) in [5, 5.41) is 5.28. The van der Waals surface area contributed by atoms with E-state index in [1.807, 2.05) is 0 Å². The number of fused-ring (bicyclic) bond motifs is 1. The van der Waals surface area contributed by atoms with Crippen LogP contribution >= 0.6 is 0 Å². The van der Waals surface area contributed by atoms with E-state index in [1.165, 1.54) is 0 Å². The van der Waals surface area contributed by atoms with E-state index >= 15 is 0 Å². The first-order valence-corrected chi connectivity index (χ1v) is 6.67. The summed E-state index contributed by atoms with van der Waals surface area (Å²) >= 11 is 0. The lowest BCUT2D eigenvalue weighted by Crippen LogP contribution is -2.65. The normalized spacial score (nSPS) is 23.3. The van der Waals surface area contributed by atoms with Crippen LogP contribution in [0, 0.1) is 0 Å². The van der Waals surface area contributed by atoms with Crippen LogP contribution in [0.3, 0.4) is 0 Å². The van der Waals surface area contributed by atoms with Gasteiger partial charge < -0.3 is 10.2 Å². The second kappa shape index (κ2) is 5.35. The van der Waals surface area contributed by atoms with Crippen molar-refractivity contribution in [3.8, 4) is 0 Å². The third kappa shape index (κ3) is 2.62. The molecule has 1 aromatic carbocycles. The monoisotopic (exact) mass is 286 g/mol. The number of nitrogens with zero attached hydrogens (tertiary/aromatic N) is 2. The maximum Gasteiger partial charge on any atom is 0.280 e. The van der Waals surface area contributed by atoms with E-state index in [1.54, 1.807) is 35.2 Å². The molecule has 3 rings (SSSR count). The Morgan fingerprint density at radius 3 is 2.76 bits per heavy atom. The molecule has 0 bridgehead atoms. The van der Waals surface area contributed by atoms with E-state index in [0.29, 0.717) is 18.7 Å². The molecule has 2 aliphatic heterocycles. The highest BCUT2D eigenvalue weighted by Crippen LogP contribution is 2.14. The fourth-order valence-corrected chi connectivity index (χ4v) is 2.43. The predicted octanol–water partition coefficient (Wildman–Crippen LogP) is -0.497. The highest BCUT2D eigenvalue weighted by atomic mass is 16.2. The van der Waals surface area contributed by atoms with Gasteiger partial charge in [-0.1, -0.05) is 18.2 Å². The van der Waals surface area contributed by atoms with Gasteiger partial charge in [-0.25, -0.2) is 0 Å². The number of hydrogen-bond donors (Lipinski definition) is 2. The number of benzene rings is 1. The lowest BCUT2D eigenvalue weighted by atomic mass is 10.1. The molecule has 0 saturated carbocycles. The lowest BCUT2D eigenvalue weighted by molar-refractivity contribution is -0.133. The van der Waals surface area contributed by atoms with Gasteiger partial charge in [0.2, 0.25) is 17.8 Å². The molecule has 0 aliphatic carbocycles. The van der Waals surface area contributed by atoms with E-state index in [9.17, 15) is 14.4 Å². The van der Waals surface area contributed by atoms with Crippen molar-refractivity contribution >= 4 is 23.7 Å². The van der Waals surface area contributed by atoms with E-state index < -0.39 is 11.9 Å². The van der Waals surface area contributed by atoms with Gasteiger partial charge >= 0.3 is 0 Å². The molecule has 7 nitrogen and oxygen atoms in total. The van der Waals surface area contributed by atoms with E-state index in [0.717, 1.165) is 0 Å². The summed E-state index contributed by atoms with van der Waals surface area (Å²) in [4.78, 5) is 41.2. The smallest absolute Gasteiger partial charge is 0.280 e. The molecule has 1 unspecified atom stereocenters. The fourth-order valence-electron chi connectivity index (χ4n) is 2.43. The minimum atomic E-state index is -0.588. The molecule has 0 aromatic heterocycles. The SMILES string of the molecule is O=C1CC2C(=O)NCCN2C(=NC(=O)c2ccccc2)N1. The molecule has 2 heterocycles. The Morgan fingerprint density at radius 2 is 2.00 bits per heavy atom. The number of nitrogens with one attached hydrogen (secondary N) is 2. The summed E-state index contributed by atoms with van der Waals surface area (Å²) in [6, 6.07) is 8.00. The van der Waals surface area contributed by atoms with Crippen LogP contribution in [0.2, 0.25) is 0 Å². The molecule has 0 radical (unpaired) electrons. The highest BCUT2D eigenvalue weighted by Gasteiger charge is 2.38. The van der Waals surface area contributed by atoms with Crippen LogP contribution < -0.4 is 10.6 Å². The lowest BCUT2D eigenvalue weighted by Gasteiger charge is -2.39. The Labute approximate surface area is 121 Å². The van der Waals surface area contributed by atoms with Crippen LogP contribution in [0.25, 0.3) is 0 Å². The van der Waals surface area contributed by atoms with E-state index in [2.05, 4.69) is 15.6 Å². The summed E-state index contributed by atoms with van der Waals surface area (Å²) in [5.41, 5.74) is 0.433. The number of hydrogen-bond acceptors (Lipinski definition) is 3. The van der Waals surface area contributed by atoms with Crippen molar-refractivity contribution in [2.24, 2.45) is 4.99 Å². The number of amides is 3. The number of carbonyl (C=O) groups excluding carboxylic acids is 3. The predicted molar refractivity (Wildman–Crippen MR) is 74.5 cm³/mol. The second-order valence-electron chi connectivity index (χ2n) is 4.86. The number of rotatable bonds is 1. The molecule has 2 N–H and O–H groups in total. The molecule has 0 spiro atoms. The van der Waals surface area contributed by atoms with Crippen LogP contribution in [-0.4, -0.2) is 47.7 Å². The first-order valence-electron chi connectivity index (χ1n) is 6.67. The number of aliphatic imine (C=N–C) groups is 1. The van der Waals surface area contributed by atoms with Gasteiger partial charge in [0.05, 0.1) is 6.42 Å². The van der Waals surface area contributed by atoms with Crippen molar-refractivity contribution in [1.29, 1.82) is 0 Å². The number of guanidine groups is 1. The van der Waals surface area contributed by atoms with Crippen LogP contribution in [-0.2, 0) is 9.59 Å². The average molecular weight is 286 g/mol. The van der Waals surface area contributed by atoms with Gasteiger partial charge in [0.1, 0.15) is 6.04 Å². The Morgan fingerprint density at radius 1 is 1.24 bits per heavy atom. The molecule has 108 valence electrons. The first-order chi connectivity index (χ1) is 10.1. The number of carbonyl (C=O) groups is 3. The zero-order valence-electron chi connectivity index (χ0n) is 11.2. The summed E-state index contributed by atoms with van der Waals surface area (Å²) in [5.74, 6) is -0.818. The third-order valence-corrected chi connectivity index (χ3v) is 3.46. The maximum atomic E-state index is 12.1. The van der Waals surface area contributed by atoms with Gasteiger partial charge in [0.15, 0.2) is 0 Å². The van der Waals surface area contributed by atoms with Crippen LogP contribution in [0.1, 0.15) is 16.8 Å². The molecule has 7 heteroatoms. The summed E-state index contributed by atoms with van der Waals surface area (Å²) in [6.45, 7) is 0.974. The molecule has 1 atom stereocenters. The van der Waals surface area contributed by atoms with Crippen molar-refractivity contribution in [1.82, 2.24) is 15.5 Å². The quantitative estimate of drug-likeness (QED) is 0.728. The molecule has 3 amide bonds. The van der Waals surface area contributed by atoms with Crippen molar-refractivity contribution in [3.05, 3.63) is 35.9 Å². The fraction of sp³-hybridized carbons (Fsp3) is 0.286. The van der Waals surface area contributed by atoms with Crippen LogP contribution in [0.5, 0.6) is 0 Å². The molecule has 2 aliphatic rings. The van der Waals surface area contributed by atoms with Crippen molar-refractivity contribution in [2.45, 2.75) is 12.5 Å².